The Balaban J connectivity index is 0.00000127. The molecule has 0 bridgehead atoms. The van der Waals surface area contributed by atoms with Crippen LogP contribution in [0, 0.1) is 0 Å². The van der Waals surface area contributed by atoms with E-state index in [4.69, 9.17) is 0 Å². The third kappa shape index (κ3) is 5.38. The van der Waals surface area contributed by atoms with Crippen LogP contribution in [0.25, 0.3) is 0 Å². The number of amides is 1. The number of hydrogen-bond donors (Lipinski definition) is 0. The van der Waals surface area contributed by atoms with Crippen molar-refractivity contribution in [3.05, 3.63) is 29.8 Å². The molecule has 1 aliphatic heterocycles. The lowest BCUT2D eigenvalue weighted by molar-refractivity contribution is -0.131. The zero-order chi connectivity index (χ0) is 17.2. The predicted octanol–water partition coefficient (Wildman–Crippen LogP) is 3.75. The van der Waals surface area contributed by atoms with Crippen LogP contribution in [0.1, 0.15) is 57.3 Å². The molecule has 1 aromatic carbocycles. The van der Waals surface area contributed by atoms with Crippen LogP contribution in [-0.4, -0.2) is 42.8 Å². The van der Waals surface area contributed by atoms with Crippen molar-refractivity contribution in [1.29, 1.82) is 0 Å². The van der Waals surface area contributed by atoms with E-state index in [0.29, 0.717) is 12.8 Å². The molecule has 0 saturated carbocycles. The van der Waals surface area contributed by atoms with Crippen LogP contribution in [0.5, 0.6) is 0 Å². The molecule has 0 unspecified atom stereocenters. The number of carbonyl (C=O) groups is 2. The Morgan fingerprint density at radius 1 is 1.04 bits per heavy atom. The first-order valence-corrected chi connectivity index (χ1v) is 8.81. The molecule has 4 nitrogen and oxygen atoms in total. The minimum Gasteiger partial charge on any atom is -0.368 e. The van der Waals surface area contributed by atoms with Crippen LogP contribution in [0.4, 0.5) is 5.69 Å². The normalized spacial score (nSPS) is 14.1. The van der Waals surface area contributed by atoms with Crippen LogP contribution < -0.4 is 4.90 Å². The van der Waals surface area contributed by atoms with Crippen molar-refractivity contribution in [2.45, 2.75) is 47.0 Å². The topological polar surface area (TPSA) is 40.6 Å². The zero-order valence-electron chi connectivity index (χ0n) is 15.0. The van der Waals surface area contributed by atoms with Gasteiger partial charge in [-0.15, -0.1) is 0 Å². The molecule has 4 heteroatoms. The second-order valence-electron chi connectivity index (χ2n) is 5.44. The van der Waals surface area contributed by atoms with Gasteiger partial charge >= 0.3 is 0 Å². The Morgan fingerprint density at radius 3 is 2.26 bits per heavy atom. The second kappa shape index (κ2) is 10.0. The number of benzene rings is 1. The summed E-state index contributed by atoms with van der Waals surface area (Å²) in [6, 6.07) is 7.81. The lowest BCUT2D eigenvalue weighted by Crippen LogP contribution is -2.48. The fraction of sp³-hybridized carbons (Fsp3) is 0.579. The minimum absolute atomic E-state index is 0.175. The van der Waals surface area contributed by atoms with Crippen molar-refractivity contribution in [2.24, 2.45) is 0 Å². The number of Topliss-reactive ketones (excluding diaryl/α,β-unsaturated/α-hetero) is 1. The summed E-state index contributed by atoms with van der Waals surface area (Å²) < 4.78 is 0. The lowest BCUT2D eigenvalue weighted by Gasteiger charge is -2.36. The molecule has 0 aromatic heterocycles. The molecule has 0 radical (unpaired) electrons. The van der Waals surface area contributed by atoms with E-state index in [1.165, 1.54) is 0 Å². The standard InChI is InChI=1S/C17H24N2O2.C2H6/c1-3-6-17(21)19-11-9-18(10-12-19)15-8-5-7-14(13-15)16(20)4-2;1-2/h5,7-8,13H,3-4,6,9-12H2,1-2H3;1-2H3. The summed E-state index contributed by atoms with van der Waals surface area (Å²) in [7, 11) is 0. The smallest absolute Gasteiger partial charge is 0.222 e. The van der Waals surface area contributed by atoms with Crippen LogP contribution >= 0.6 is 0 Å². The van der Waals surface area contributed by atoms with Crippen LogP contribution in [0.15, 0.2) is 24.3 Å². The SMILES string of the molecule is CC.CCCC(=O)N1CCN(c2cccc(C(=O)CC)c2)CC1. The van der Waals surface area contributed by atoms with Gasteiger partial charge in [0.15, 0.2) is 5.78 Å². The first kappa shape index (κ1) is 19.2. The lowest BCUT2D eigenvalue weighted by atomic mass is 10.1. The van der Waals surface area contributed by atoms with Gasteiger partial charge in [0.1, 0.15) is 0 Å². The van der Waals surface area contributed by atoms with E-state index in [1.807, 2.05) is 56.9 Å². The quantitative estimate of drug-likeness (QED) is 0.776. The Hall–Kier alpha value is -1.84. The van der Waals surface area contributed by atoms with Gasteiger partial charge in [0, 0.05) is 50.3 Å². The molecule has 1 saturated heterocycles. The molecular formula is C19H30N2O2. The Labute approximate surface area is 140 Å². The van der Waals surface area contributed by atoms with E-state index in [0.717, 1.165) is 43.9 Å². The van der Waals surface area contributed by atoms with Crippen molar-refractivity contribution in [3.63, 3.8) is 0 Å². The fourth-order valence-electron chi connectivity index (χ4n) is 2.67. The largest absolute Gasteiger partial charge is 0.368 e. The number of rotatable bonds is 5. The predicted molar refractivity (Wildman–Crippen MR) is 96.1 cm³/mol. The fourth-order valence-corrected chi connectivity index (χ4v) is 2.67. The summed E-state index contributed by atoms with van der Waals surface area (Å²) in [5, 5.41) is 0. The first-order chi connectivity index (χ1) is 11.2. The molecule has 0 atom stereocenters. The molecule has 23 heavy (non-hydrogen) atoms. The molecule has 1 amide bonds. The molecule has 0 aliphatic carbocycles. The van der Waals surface area contributed by atoms with Gasteiger partial charge < -0.3 is 9.80 Å². The first-order valence-electron chi connectivity index (χ1n) is 8.81. The summed E-state index contributed by atoms with van der Waals surface area (Å²) in [5.41, 5.74) is 1.86. The number of piperazine rings is 1. The van der Waals surface area contributed by atoms with Crippen molar-refractivity contribution >= 4 is 17.4 Å². The highest BCUT2D eigenvalue weighted by atomic mass is 16.2. The maximum absolute atomic E-state index is 11.9. The second-order valence-corrected chi connectivity index (χ2v) is 5.44. The van der Waals surface area contributed by atoms with Crippen molar-refractivity contribution < 1.29 is 9.59 Å². The summed E-state index contributed by atoms with van der Waals surface area (Å²) >= 11 is 0. The highest BCUT2D eigenvalue weighted by molar-refractivity contribution is 5.96. The van der Waals surface area contributed by atoms with Crippen LogP contribution in [-0.2, 0) is 4.79 Å². The molecular weight excluding hydrogens is 288 g/mol. The molecule has 0 spiro atoms. The highest BCUT2D eigenvalue weighted by Crippen LogP contribution is 2.19. The van der Waals surface area contributed by atoms with Gasteiger partial charge in [0.25, 0.3) is 0 Å². The number of nitrogens with zero attached hydrogens (tertiary/aromatic N) is 2. The van der Waals surface area contributed by atoms with Gasteiger partial charge in [-0.1, -0.05) is 39.8 Å². The average molecular weight is 318 g/mol. The van der Waals surface area contributed by atoms with E-state index in [-0.39, 0.29) is 11.7 Å². The third-order valence-corrected chi connectivity index (χ3v) is 3.95. The summed E-state index contributed by atoms with van der Waals surface area (Å²) in [6.07, 6.45) is 2.07. The van der Waals surface area contributed by atoms with Crippen molar-refractivity contribution in [3.8, 4) is 0 Å². The number of ketones is 1. The monoisotopic (exact) mass is 318 g/mol. The Bertz CT molecular complexity index is 506. The third-order valence-electron chi connectivity index (χ3n) is 3.95. The number of hydrogen-bond acceptors (Lipinski definition) is 3. The molecule has 1 fully saturated rings. The van der Waals surface area contributed by atoms with Gasteiger partial charge in [-0.05, 0) is 18.6 Å². The van der Waals surface area contributed by atoms with Crippen molar-refractivity contribution in [2.75, 3.05) is 31.1 Å². The maximum Gasteiger partial charge on any atom is 0.222 e. The molecule has 2 rings (SSSR count). The van der Waals surface area contributed by atoms with Crippen molar-refractivity contribution in [1.82, 2.24) is 4.90 Å². The molecule has 0 N–H and O–H groups in total. The van der Waals surface area contributed by atoms with Gasteiger partial charge in [0.2, 0.25) is 5.91 Å². The summed E-state index contributed by atoms with van der Waals surface area (Å²) in [6.45, 7) is 11.1. The van der Waals surface area contributed by atoms with Gasteiger partial charge in [0.05, 0.1) is 0 Å². The Morgan fingerprint density at radius 2 is 1.70 bits per heavy atom. The Kier molecular flexibility index (Phi) is 8.38. The number of anilines is 1. The van der Waals surface area contributed by atoms with E-state index in [1.54, 1.807) is 0 Å². The van der Waals surface area contributed by atoms with Crippen LogP contribution in [0.3, 0.4) is 0 Å². The van der Waals surface area contributed by atoms with Gasteiger partial charge in [-0.3, -0.25) is 9.59 Å². The zero-order valence-corrected chi connectivity index (χ0v) is 15.0. The maximum atomic E-state index is 11.9. The van der Waals surface area contributed by atoms with E-state index >= 15 is 0 Å². The van der Waals surface area contributed by atoms with Crippen LogP contribution in [0.2, 0.25) is 0 Å². The van der Waals surface area contributed by atoms with E-state index in [9.17, 15) is 9.59 Å². The minimum atomic E-state index is 0.175. The number of carbonyl (C=O) groups excluding carboxylic acids is 2. The summed E-state index contributed by atoms with van der Waals surface area (Å²) in [4.78, 5) is 27.9. The average Bonchev–Trinajstić information content (AvgIpc) is 2.63. The molecule has 1 aromatic rings. The van der Waals surface area contributed by atoms with Gasteiger partial charge in [-0.2, -0.15) is 0 Å². The molecule has 1 aliphatic rings. The summed E-state index contributed by atoms with van der Waals surface area (Å²) in [5.74, 6) is 0.431. The van der Waals surface area contributed by atoms with Gasteiger partial charge in [-0.25, -0.2) is 0 Å². The highest BCUT2D eigenvalue weighted by Gasteiger charge is 2.20. The molecule has 128 valence electrons. The van der Waals surface area contributed by atoms with E-state index in [2.05, 4.69) is 4.90 Å². The molecule has 1 heterocycles. The van der Waals surface area contributed by atoms with E-state index < -0.39 is 0 Å².